The molecule has 134 valence electrons. The quantitative estimate of drug-likeness (QED) is 0.501. The predicted molar refractivity (Wildman–Crippen MR) is 83.7 cm³/mol. The SMILES string of the molecule is COC(=O)OC1=C(C)NC(C)=C(OC(=O)OC)C1c1ccc[n+]([O-])c1. The van der Waals surface area contributed by atoms with Crippen LogP contribution < -0.4 is 10.0 Å². The summed E-state index contributed by atoms with van der Waals surface area (Å²) in [4.78, 5) is 23.2. The van der Waals surface area contributed by atoms with Crippen LogP contribution in [0.5, 0.6) is 0 Å². The Kier molecular flexibility index (Phi) is 5.48. The first kappa shape index (κ1) is 18.1. The summed E-state index contributed by atoms with van der Waals surface area (Å²) in [5.41, 5.74) is 1.47. The number of nitrogens with one attached hydrogen (secondary N) is 1. The molecule has 0 bridgehead atoms. The predicted octanol–water partition coefficient (Wildman–Crippen LogP) is 2.04. The third kappa shape index (κ3) is 4.00. The Morgan fingerprint density at radius 3 is 2.04 bits per heavy atom. The molecule has 0 fully saturated rings. The van der Waals surface area contributed by atoms with E-state index in [1.807, 2.05) is 0 Å². The van der Waals surface area contributed by atoms with Gasteiger partial charge in [0.05, 0.1) is 25.6 Å². The molecule has 1 aliphatic rings. The van der Waals surface area contributed by atoms with Gasteiger partial charge in [0.15, 0.2) is 12.4 Å². The molecule has 0 amide bonds. The molecule has 0 spiro atoms. The minimum absolute atomic E-state index is 0.141. The number of allylic oxidation sites excluding steroid dienone is 2. The smallest absolute Gasteiger partial charge is 0.513 e. The normalized spacial score (nSPS) is 14.7. The Balaban J connectivity index is 2.55. The summed E-state index contributed by atoms with van der Waals surface area (Å²) in [5, 5.41) is 14.6. The van der Waals surface area contributed by atoms with Gasteiger partial charge >= 0.3 is 12.3 Å². The average molecular weight is 350 g/mol. The monoisotopic (exact) mass is 350 g/mol. The van der Waals surface area contributed by atoms with Gasteiger partial charge in [-0.3, -0.25) is 0 Å². The summed E-state index contributed by atoms with van der Waals surface area (Å²) < 4.78 is 20.1. The number of rotatable bonds is 3. The molecule has 0 saturated heterocycles. The van der Waals surface area contributed by atoms with E-state index in [9.17, 15) is 14.8 Å². The first-order valence-corrected chi connectivity index (χ1v) is 7.26. The lowest BCUT2D eigenvalue weighted by Gasteiger charge is -2.29. The van der Waals surface area contributed by atoms with Crippen LogP contribution in [0.2, 0.25) is 0 Å². The van der Waals surface area contributed by atoms with Gasteiger partial charge in [-0.05, 0) is 19.9 Å². The highest BCUT2D eigenvalue weighted by Crippen LogP contribution is 2.38. The number of carbonyl (C=O) groups is 2. The van der Waals surface area contributed by atoms with Crippen molar-refractivity contribution in [2.24, 2.45) is 0 Å². The number of pyridine rings is 1. The van der Waals surface area contributed by atoms with Crippen LogP contribution in [0.4, 0.5) is 9.59 Å². The van der Waals surface area contributed by atoms with Crippen LogP contribution in [-0.4, -0.2) is 26.5 Å². The van der Waals surface area contributed by atoms with Gasteiger partial charge < -0.3 is 29.5 Å². The highest BCUT2D eigenvalue weighted by molar-refractivity contribution is 5.64. The molecule has 9 nitrogen and oxygen atoms in total. The van der Waals surface area contributed by atoms with Crippen molar-refractivity contribution in [3.8, 4) is 0 Å². The first-order chi connectivity index (χ1) is 11.9. The Morgan fingerprint density at radius 2 is 1.60 bits per heavy atom. The summed E-state index contributed by atoms with van der Waals surface area (Å²) >= 11 is 0. The van der Waals surface area contributed by atoms with Crippen LogP contribution in [0, 0.1) is 5.21 Å². The molecule has 0 aromatic carbocycles. The van der Waals surface area contributed by atoms with Crippen LogP contribution in [0.25, 0.3) is 0 Å². The number of ether oxygens (including phenoxy) is 4. The van der Waals surface area contributed by atoms with Crippen LogP contribution in [-0.2, 0) is 18.9 Å². The molecule has 0 atom stereocenters. The summed E-state index contributed by atoms with van der Waals surface area (Å²) in [6.07, 6.45) is 0.713. The van der Waals surface area contributed by atoms with Crippen LogP contribution >= 0.6 is 0 Å². The lowest BCUT2D eigenvalue weighted by Crippen LogP contribution is -2.31. The third-order valence-electron chi connectivity index (χ3n) is 3.49. The zero-order chi connectivity index (χ0) is 18.6. The van der Waals surface area contributed by atoms with Crippen LogP contribution in [0.1, 0.15) is 25.3 Å². The van der Waals surface area contributed by atoms with Crippen molar-refractivity contribution in [3.05, 3.63) is 58.2 Å². The molecule has 1 aromatic rings. The maximum absolute atomic E-state index is 11.7. The van der Waals surface area contributed by atoms with Gasteiger partial charge in [0.2, 0.25) is 0 Å². The van der Waals surface area contributed by atoms with E-state index in [2.05, 4.69) is 14.8 Å². The van der Waals surface area contributed by atoms with E-state index in [1.165, 1.54) is 32.7 Å². The van der Waals surface area contributed by atoms with Crippen molar-refractivity contribution < 1.29 is 33.3 Å². The fraction of sp³-hybridized carbons (Fsp3) is 0.312. The van der Waals surface area contributed by atoms with Crippen LogP contribution in [0.3, 0.4) is 0 Å². The number of methoxy groups -OCH3 is 2. The van der Waals surface area contributed by atoms with E-state index in [0.717, 1.165) is 0 Å². The summed E-state index contributed by atoms with van der Waals surface area (Å²) in [7, 11) is 2.34. The second-order valence-electron chi connectivity index (χ2n) is 5.15. The topological polar surface area (TPSA) is 110 Å². The van der Waals surface area contributed by atoms with E-state index < -0.39 is 18.2 Å². The van der Waals surface area contributed by atoms with Crippen LogP contribution in [0.15, 0.2) is 47.4 Å². The number of carbonyl (C=O) groups excluding carboxylic acids is 2. The minimum atomic E-state index is -0.941. The second-order valence-corrected chi connectivity index (χ2v) is 5.15. The van der Waals surface area contributed by atoms with Crippen molar-refractivity contribution in [2.45, 2.75) is 19.8 Å². The van der Waals surface area contributed by atoms with E-state index in [-0.39, 0.29) is 11.5 Å². The fourth-order valence-corrected chi connectivity index (χ4v) is 2.44. The van der Waals surface area contributed by atoms with Gasteiger partial charge in [0, 0.05) is 11.6 Å². The summed E-state index contributed by atoms with van der Waals surface area (Å²) in [5.74, 6) is -0.536. The number of hydrogen-bond acceptors (Lipinski definition) is 8. The van der Waals surface area contributed by atoms with Crippen molar-refractivity contribution in [2.75, 3.05) is 14.2 Å². The molecule has 1 aromatic heterocycles. The number of aromatic nitrogens is 1. The maximum atomic E-state index is 11.7. The second kappa shape index (κ2) is 7.56. The van der Waals surface area contributed by atoms with Crippen molar-refractivity contribution in [1.82, 2.24) is 5.32 Å². The molecule has 0 unspecified atom stereocenters. The molecule has 1 N–H and O–H groups in total. The molecule has 25 heavy (non-hydrogen) atoms. The van der Waals surface area contributed by atoms with Gasteiger partial charge in [-0.15, -0.1) is 0 Å². The molecule has 1 aliphatic heterocycles. The lowest BCUT2D eigenvalue weighted by molar-refractivity contribution is -0.605. The van der Waals surface area contributed by atoms with Crippen molar-refractivity contribution in [3.63, 3.8) is 0 Å². The zero-order valence-electron chi connectivity index (χ0n) is 14.2. The zero-order valence-corrected chi connectivity index (χ0v) is 14.2. The Bertz CT molecular complexity index is 715. The maximum Gasteiger partial charge on any atom is 0.513 e. The summed E-state index contributed by atoms with van der Waals surface area (Å²) in [6.45, 7) is 3.36. The molecule has 9 heteroatoms. The van der Waals surface area contributed by atoms with Gasteiger partial charge in [-0.25, -0.2) is 9.59 Å². The molecule has 0 aliphatic carbocycles. The highest BCUT2D eigenvalue weighted by Gasteiger charge is 2.36. The fourth-order valence-electron chi connectivity index (χ4n) is 2.44. The third-order valence-corrected chi connectivity index (χ3v) is 3.49. The molecular weight excluding hydrogens is 332 g/mol. The highest BCUT2D eigenvalue weighted by atomic mass is 16.7. The van der Waals surface area contributed by atoms with Gasteiger partial charge in [-0.2, -0.15) is 4.73 Å². The van der Waals surface area contributed by atoms with Crippen molar-refractivity contribution in [1.29, 1.82) is 0 Å². The Labute approximate surface area is 144 Å². The molecule has 2 rings (SSSR count). The van der Waals surface area contributed by atoms with E-state index in [4.69, 9.17) is 9.47 Å². The van der Waals surface area contributed by atoms with E-state index in [1.54, 1.807) is 19.9 Å². The summed E-state index contributed by atoms with van der Waals surface area (Å²) in [6, 6.07) is 3.17. The Hall–Kier alpha value is -3.23. The molecular formula is C16H18N2O7. The first-order valence-electron chi connectivity index (χ1n) is 7.26. The minimum Gasteiger partial charge on any atom is -0.619 e. The standard InChI is InChI=1S/C16H18N2O7/c1-9-13(24-15(19)22-3)12(11-6-5-7-18(21)8-11)14(10(2)17-9)25-16(20)23-4/h5-8,12,17H,1-4H3. The molecule has 0 radical (unpaired) electrons. The number of dihydropyridines is 1. The van der Waals surface area contributed by atoms with E-state index >= 15 is 0 Å². The largest absolute Gasteiger partial charge is 0.619 e. The van der Waals surface area contributed by atoms with Gasteiger partial charge in [-0.1, -0.05) is 0 Å². The Morgan fingerprint density at radius 1 is 1.08 bits per heavy atom. The average Bonchev–Trinajstić information content (AvgIpc) is 2.58. The van der Waals surface area contributed by atoms with Gasteiger partial charge in [0.25, 0.3) is 0 Å². The van der Waals surface area contributed by atoms with E-state index in [0.29, 0.717) is 21.7 Å². The van der Waals surface area contributed by atoms with Crippen molar-refractivity contribution >= 4 is 12.3 Å². The number of hydrogen-bond donors (Lipinski definition) is 1. The molecule has 0 saturated carbocycles. The number of nitrogens with zero attached hydrogens (tertiary/aromatic N) is 1. The van der Waals surface area contributed by atoms with Gasteiger partial charge in [0.1, 0.15) is 17.4 Å². The lowest BCUT2D eigenvalue weighted by atomic mass is 9.91. The molecule has 2 heterocycles.